The van der Waals surface area contributed by atoms with Crippen molar-refractivity contribution in [2.45, 2.75) is 13.0 Å². The molecule has 2 heterocycles. The van der Waals surface area contributed by atoms with Crippen LogP contribution in [0.5, 0.6) is 0 Å². The molecule has 0 fully saturated rings. The molecule has 0 bridgehead atoms. The van der Waals surface area contributed by atoms with Gasteiger partial charge in [0.25, 0.3) is 5.95 Å². The number of aromatic nitrogens is 5. The van der Waals surface area contributed by atoms with E-state index in [2.05, 4.69) is 46.6 Å². The highest BCUT2D eigenvalue weighted by Gasteiger charge is 2.19. The van der Waals surface area contributed by atoms with E-state index in [-0.39, 0.29) is 5.69 Å². The van der Waals surface area contributed by atoms with E-state index >= 15 is 0 Å². The number of anilines is 1. The highest BCUT2D eigenvalue weighted by molar-refractivity contribution is 9.10. The third kappa shape index (κ3) is 3.79. The Balaban J connectivity index is 1.74. The minimum Gasteiger partial charge on any atom is -0.328 e. The number of nitrogens with zero attached hydrogens (tertiary/aromatic N) is 5. The van der Waals surface area contributed by atoms with Crippen LogP contribution in [0.4, 0.5) is 14.9 Å². The summed E-state index contributed by atoms with van der Waals surface area (Å²) in [5, 5.41) is 9.22. The average Bonchev–Trinajstić information content (AvgIpc) is 3.09. The second kappa shape index (κ2) is 7.34. The number of para-hydroxylation sites is 1. The van der Waals surface area contributed by atoms with E-state index in [1.165, 1.54) is 23.1 Å². The van der Waals surface area contributed by atoms with Gasteiger partial charge in [0, 0.05) is 16.9 Å². The lowest BCUT2D eigenvalue weighted by Gasteiger charge is -2.15. The summed E-state index contributed by atoms with van der Waals surface area (Å²) in [4.78, 5) is 24.5. The van der Waals surface area contributed by atoms with Crippen molar-refractivity contribution in [1.29, 1.82) is 0 Å². The Hall–Kier alpha value is -2.88. The molecule has 0 saturated heterocycles. The average molecular weight is 406 g/mol. The fourth-order valence-corrected chi connectivity index (χ4v) is 2.57. The number of carbonyl (C=O) groups excluding carboxylic acids is 1. The van der Waals surface area contributed by atoms with Crippen molar-refractivity contribution < 1.29 is 9.18 Å². The number of nitrogens with one attached hydrogen (secondary N) is 2. The first-order valence-corrected chi connectivity index (χ1v) is 8.04. The van der Waals surface area contributed by atoms with Gasteiger partial charge in [-0.05, 0) is 41.1 Å². The van der Waals surface area contributed by atoms with Gasteiger partial charge in [0.2, 0.25) is 0 Å². The molecule has 2 amide bonds. The second-order valence-electron chi connectivity index (χ2n) is 5.00. The van der Waals surface area contributed by atoms with Crippen molar-refractivity contribution in [3.8, 4) is 5.95 Å². The second-order valence-corrected chi connectivity index (χ2v) is 5.85. The van der Waals surface area contributed by atoms with Gasteiger partial charge < -0.3 is 10.6 Å². The van der Waals surface area contributed by atoms with Crippen LogP contribution in [0.3, 0.4) is 0 Å². The largest absolute Gasteiger partial charge is 0.328 e. The summed E-state index contributed by atoms with van der Waals surface area (Å²) in [5.74, 6) is 0.230. The van der Waals surface area contributed by atoms with E-state index in [1.807, 2.05) is 0 Å². The maximum absolute atomic E-state index is 13.8. The summed E-state index contributed by atoms with van der Waals surface area (Å²) in [7, 11) is 0. The minimum atomic E-state index is -0.582. The fourth-order valence-electron chi connectivity index (χ4n) is 2.13. The molecule has 0 aliphatic rings. The maximum Gasteiger partial charge on any atom is 0.319 e. The van der Waals surface area contributed by atoms with Crippen molar-refractivity contribution in [3.63, 3.8) is 0 Å². The van der Waals surface area contributed by atoms with Crippen LogP contribution >= 0.6 is 15.9 Å². The lowest BCUT2D eigenvalue weighted by Crippen LogP contribution is -2.33. The van der Waals surface area contributed by atoms with E-state index < -0.39 is 17.9 Å². The Morgan fingerprint density at radius 3 is 2.72 bits per heavy atom. The molecule has 0 radical (unpaired) electrons. The molecular weight excluding hydrogens is 393 g/mol. The Morgan fingerprint density at radius 1 is 1.24 bits per heavy atom. The number of carbonyl (C=O) groups is 1. The maximum atomic E-state index is 13.8. The Labute approximate surface area is 150 Å². The van der Waals surface area contributed by atoms with Crippen molar-refractivity contribution in [3.05, 3.63) is 59.1 Å². The highest BCUT2D eigenvalue weighted by Crippen LogP contribution is 2.25. The van der Waals surface area contributed by atoms with Gasteiger partial charge in [0.05, 0.1) is 11.7 Å². The molecule has 0 aliphatic heterocycles. The van der Waals surface area contributed by atoms with Crippen molar-refractivity contribution >= 4 is 27.6 Å². The molecule has 3 rings (SSSR count). The summed E-state index contributed by atoms with van der Waals surface area (Å²) in [6.07, 6.45) is 4.50. The summed E-state index contributed by atoms with van der Waals surface area (Å²) >= 11 is 3.20. The van der Waals surface area contributed by atoms with Gasteiger partial charge in [-0.3, -0.25) is 0 Å². The number of halogens is 2. The topological polar surface area (TPSA) is 97.6 Å². The molecule has 8 nitrogen and oxygen atoms in total. The van der Waals surface area contributed by atoms with Gasteiger partial charge in [-0.1, -0.05) is 6.07 Å². The van der Waals surface area contributed by atoms with E-state index in [0.717, 1.165) is 0 Å². The Kier molecular flexibility index (Phi) is 4.98. The normalized spacial score (nSPS) is 11.8. The van der Waals surface area contributed by atoms with E-state index in [9.17, 15) is 9.18 Å². The predicted molar refractivity (Wildman–Crippen MR) is 91.6 cm³/mol. The van der Waals surface area contributed by atoms with Crippen LogP contribution in [0.2, 0.25) is 0 Å². The highest BCUT2D eigenvalue weighted by atomic mass is 79.9. The zero-order valence-electron chi connectivity index (χ0n) is 13.0. The molecule has 1 aromatic carbocycles. The van der Waals surface area contributed by atoms with Gasteiger partial charge >= 0.3 is 6.03 Å². The lowest BCUT2D eigenvalue weighted by atomic mass is 10.3. The van der Waals surface area contributed by atoms with Crippen LogP contribution in [0, 0.1) is 5.82 Å². The number of urea groups is 1. The molecule has 1 unspecified atom stereocenters. The van der Waals surface area contributed by atoms with Crippen molar-refractivity contribution in [1.82, 2.24) is 30.0 Å². The monoisotopic (exact) mass is 405 g/mol. The Bertz CT molecular complexity index is 866. The molecule has 0 aliphatic carbocycles. The molecule has 0 spiro atoms. The van der Waals surface area contributed by atoms with E-state index in [4.69, 9.17) is 0 Å². The smallest absolute Gasteiger partial charge is 0.319 e. The first-order chi connectivity index (χ1) is 12.1. The fraction of sp³-hybridized carbons (Fsp3) is 0.133. The van der Waals surface area contributed by atoms with Gasteiger partial charge in [-0.25, -0.2) is 24.1 Å². The molecule has 128 valence electrons. The predicted octanol–water partition coefficient (Wildman–Crippen LogP) is 2.84. The first kappa shape index (κ1) is 17.0. The molecule has 0 saturated carbocycles. The summed E-state index contributed by atoms with van der Waals surface area (Å²) in [6.45, 7) is 1.72. The number of hydrogen-bond acceptors (Lipinski definition) is 5. The number of benzene rings is 1. The molecule has 25 heavy (non-hydrogen) atoms. The third-order valence-electron chi connectivity index (χ3n) is 3.25. The van der Waals surface area contributed by atoms with Crippen LogP contribution in [0.25, 0.3) is 5.95 Å². The first-order valence-electron chi connectivity index (χ1n) is 7.25. The van der Waals surface area contributed by atoms with Crippen LogP contribution in [0.1, 0.15) is 18.8 Å². The van der Waals surface area contributed by atoms with Gasteiger partial charge in [-0.15, -0.1) is 0 Å². The summed E-state index contributed by atoms with van der Waals surface area (Å²) in [5.41, 5.74) is 0.0556. The molecule has 2 N–H and O–H groups in total. The van der Waals surface area contributed by atoms with Gasteiger partial charge in [0.15, 0.2) is 5.82 Å². The number of rotatable bonds is 4. The zero-order valence-corrected chi connectivity index (χ0v) is 14.6. The summed E-state index contributed by atoms with van der Waals surface area (Å²) < 4.78 is 15.7. The van der Waals surface area contributed by atoms with Crippen LogP contribution in [0.15, 0.2) is 47.5 Å². The van der Waals surface area contributed by atoms with E-state index in [1.54, 1.807) is 31.5 Å². The molecule has 3 aromatic rings. The zero-order chi connectivity index (χ0) is 17.8. The van der Waals surface area contributed by atoms with Gasteiger partial charge in [0.1, 0.15) is 12.1 Å². The molecule has 10 heteroatoms. The lowest BCUT2D eigenvalue weighted by molar-refractivity contribution is 0.248. The SMILES string of the molecule is CC(NC(=O)Nc1c(F)cccc1Br)c1ncnn1-c1ncccn1. The third-order valence-corrected chi connectivity index (χ3v) is 3.91. The molecule has 1 atom stereocenters. The van der Waals surface area contributed by atoms with Crippen molar-refractivity contribution in [2.75, 3.05) is 5.32 Å². The molecular formula is C15H13BrFN7O. The Morgan fingerprint density at radius 2 is 2.00 bits per heavy atom. The van der Waals surface area contributed by atoms with Crippen LogP contribution in [-0.2, 0) is 0 Å². The van der Waals surface area contributed by atoms with Crippen LogP contribution in [-0.4, -0.2) is 30.8 Å². The van der Waals surface area contributed by atoms with Crippen molar-refractivity contribution in [2.24, 2.45) is 0 Å². The minimum absolute atomic E-state index is 0.0556. The van der Waals surface area contributed by atoms with Gasteiger partial charge in [-0.2, -0.15) is 9.78 Å². The quantitative estimate of drug-likeness (QED) is 0.695. The number of hydrogen-bond donors (Lipinski definition) is 2. The van der Waals surface area contributed by atoms with Crippen LogP contribution < -0.4 is 10.6 Å². The number of amides is 2. The summed E-state index contributed by atoms with van der Waals surface area (Å²) in [6, 6.07) is 5.01. The molecule has 2 aromatic heterocycles. The standard InChI is InChI=1S/C15H13BrFN7O/c1-9(13-20-8-21-24(13)14-18-6-3-7-19-14)22-15(25)23-12-10(16)4-2-5-11(12)17/h2-9H,1H3,(H2,22,23,25). The van der Waals surface area contributed by atoms with E-state index in [0.29, 0.717) is 16.2 Å².